The largest absolute Gasteiger partial charge is 0.482 e. The first-order valence-corrected chi connectivity index (χ1v) is 13.2. The van der Waals surface area contributed by atoms with Crippen molar-refractivity contribution in [1.29, 1.82) is 0 Å². The molecule has 0 radical (unpaired) electrons. The molecule has 9 heteroatoms. The van der Waals surface area contributed by atoms with Crippen molar-refractivity contribution in [3.05, 3.63) is 89.2 Å². The number of nitrogens with one attached hydrogen (secondary N) is 1. The summed E-state index contributed by atoms with van der Waals surface area (Å²) in [7, 11) is -3.93. The number of sulfonamides is 1. The lowest BCUT2D eigenvalue weighted by molar-refractivity contribution is -0.134. The molecule has 6 nitrogen and oxygen atoms in total. The number of hydrogen-bond donors (Lipinski definition) is 1. The third kappa shape index (κ3) is 6.74. The lowest BCUT2D eigenvalue weighted by Crippen LogP contribution is -2.41. The Hall–Kier alpha value is -3.10. The van der Waals surface area contributed by atoms with Crippen molar-refractivity contribution >= 4 is 33.2 Å². The number of ether oxygens (including phenoxy) is 1. The molecule has 184 valence electrons. The maximum atomic E-state index is 13.1. The van der Waals surface area contributed by atoms with Crippen LogP contribution in [0.3, 0.4) is 0 Å². The quantitative estimate of drug-likeness (QED) is 0.450. The Bertz CT molecular complexity index is 1260. The second-order valence-electron chi connectivity index (χ2n) is 8.51. The Balaban J connectivity index is 1.29. The molecule has 4 rings (SSSR count). The molecule has 0 aliphatic carbocycles. The second kappa shape index (κ2) is 11.1. The molecule has 3 aromatic carbocycles. The van der Waals surface area contributed by atoms with E-state index in [4.69, 9.17) is 16.3 Å². The Labute approximate surface area is 209 Å². The number of anilines is 1. The summed E-state index contributed by atoms with van der Waals surface area (Å²) in [5, 5.41) is 0.0707. The van der Waals surface area contributed by atoms with Crippen LogP contribution in [0.5, 0.6) is 5.75 Å². The molecule has 1 heterocycles. The van der Waals surface area contributed by atoms with Crippen molar-refractivity contribution in [2.45, 2.75) is 24.2 Å². The first-order valence-electron chi connectivity index (χ1n) is 11.3. The Morgan fingerprint density at radius 3 is 2.37 bits per heavy atom. The number of likely N-dealkylation sites (tertiary alicyclic amines) is 1. The van der Waals surface area contributed by atoms with Crippen LogP contribution in [0.25, 0.3) is 0 Å². The fraction of sp³-hybridized carbons (Fsp3) is 0.269. The van der Waals surface area contributed by atoms with E-state index in [1.165, 1.54) is 35.9 Å². The number of amides is 1. The van der Waals surface area contributed by atoms with Crippen molar-refractivity contribution in [3.63, 3.8) is 0 Å². The fourth-order valence-electron chi connectivity index (χ4n) is 4.06. The molecule has 35 heavy (non-hydrogen) atoms. The first-order chi connectivity index (χ1) is 16.8. The van der Waals surface area contributed by atoms with E-state index in [2.05, 4.69) is 16.9 Å². The molecule has 0 unspecified atom stereocenters. The minimum atomic E-state index is -3.93. The summed E-state index contributed by atoms with van der Waals surface area (Å²) >= 11 is 6.23. The number of rotatable bonds is 8. The molecule has 1 aliphatic rings. The minimum Gasteiger partial charge on any atom is -0.482 e. The highest BCUT2D eigenvalue weighted by Crippen LogP contribution is 2.29. The van der Waals surface area contributed by atoms with E-state index in [9.17, 15) is 17.6 Å². The number of carbonyl (C=O) groups excluding carboxylic acids is 1. The summed E-state index contributed by atoms with van der Waals surface area (Å²) in [4.78, 5) is 14.3. The van der Waals surface area contributed by atoms with Gasteiger partial charge in [-0.15, -0.1) is 0 Å². The molecular formula is C26H26ClFN2O4S. The highest BCUT2D eigenvalue weighted by Gasteiger charge is 2.24. The van der Waals surface area contributed by atoms with Crippen LogP contribution in [0.4, 0.5) is 10.1 Å². The lowest BCUT2D eigenvalue weighted by atomic mass is 9.90. The summed E-state index contributed by atoms with van der Waals surface area (Å²) < 4.78 is 46.2. The molecule has 1 amide bonds. The zero-order chi connectivity index (χ0) is 24.8. The van der Waals surface area contributed by atoms with Crippen molar-refractivity contribution in [3.8, 4) is 5.75 Å². The maximum absolute atomic E-state index is 13.1. The number of hydrogen-bond acceptors (Lipinski definition) is 4. The van der Waals surface area contributed by atoms with Crippen LogP contribution in [0.2, 0.25) is 5.02 Å². The highest BCUT2D eigenvalue weighted by molar-refractivity contribution is 7.92. The Morgan fingerprint density at radius 2 is 1.71 bits per heavy atom. The van der Waals surface area contributed by atoms with Crippen molar-refractivity contribution in [2.75, 3.05) is 24.4 Å². The van der Waals surface area contributed by atoms with Gasteiger partial charge in [-0.3, -0.25) is 9.52 Å². The van der Waals surface area contributed by atoms with Gasteiger partial charge >= 0.3 is 0 Å². The molecular weight excluding hydrogens is 491 g/mol. The molecule has 3 aromatic rings. The van der Waals surface area contributed by atoms with E-state index in [0.717, 1.165) is 31.4 Å². The van der Waals surface area contributed by atoms with Crippen LogP contribution in [0.1, 0.15) is 18.4 Å². The minimum absolute atomic E-state index is 0.0707. The van der Waals surface area contributed by atoms with Gasteiger partial charge in [0.2, 0.25) is 0 Å². The molecule has 0 bridgehead atoms. The van der Waals surface area contributed by atoms with Gasteiger partial charge in [0, 0.05) is 18.8 Å². The molecule has 1 aliphatic heterocycles. The Morgan fingerprint density at radius 1 is 1.03 bits per heavy atom. The van der Waals surface area contributed by atoms with Gasteiger partial charge in [-0.05, 0) is 73.2 Å². The highest BCUT2D eigenvalue weighted by atomic mass is 35.5. The summed E-state index contributed by atoms with van der Waals surface area (Å²) in [5.41, 5.74) is 1.54. The molecule has 0 saturated carbocycles. The molecule has 0 spiro atoms. The third-order valence-corrected chi connectivity index (χ3v) is 7.67. The van der Waals surface area contributed by atoms with Crippen LogP contribution in [-0.4, -0.2) is 38.9 Å². The first kappa shape index (κ1) is 25.0. The summed E-state index contributed by atoms with van der Waals surface area (Å²) in [6.07, 6.45) is 2.89. The number of benzene rings is 3. The van der Waals surface area contributed by atoms with Crippen LogP contribution in [0, 0.1) is 11.7 Å². The summed E-state index contributed by atoms with van der Waals surface area (Å²) in [6, 6.07) is 19.3. The van der Waals surface area contributed by atoms with Crippen LogP contribution >= 0.6 is 11.6 Å². The van der Waals surface area contributed by atoms with Crippen LogP contribution in [0.15, 0.2) is 77.7 Å². The number of nitrogens with zero attached hydrogens (tertiary/aromatic N) is 1. The number of piperidine rings is 1. The summed E-state index contributed by atoms with van der Waals surface area (Å²) in [6.45, 7) is 1.18. The smallest absolute Gasteiger partial charge is 0.261 e. The van der Waals surface area contributed by atoms with Gasteiger partial charge in [-0.2, -0.15) is 0 Å². The SMILES string of the molecule is O=C(COc1ccc(S(=O)(=O)Nc2ccc(F)cc2)cc1Cl)N1CCC(Cc2ccccc2)CC1. The van der Waals surface area contributed by atoms with Gasteiger partial charge in [0.05, 0.1) is 9.92 Å². The van der Waals surface area contributed by atoms with Crippen LogP contribution in [-0.2, 0) is 21.2 Å². The maximum Gasteiger partial charge on any atom is 0.261 e. The second-order valence-corrected chi connectivity index (χ2v) is 10.6. The third-order valence-electron chi connectivity index (χ3n) is 6.00. The van der Waals surface area contributed by atoms with Crippen molar-refractivity contribution in [1.82, 2.24) is 4.90 Å². The standard InChI is InChI=1S/C26H26ClFN2O4S/c27-24-17-23(35(32,33)29-22-8-6-21(28)7-9-22)10-11-25(24)34-18-26(31)30-14-12-20(13-15-30)16-19-4-2-1-3-5-19/h1-11,17,20,29H,12-16,18H2. The molecule has 0 aromatic heterocycles. The zero-order valence-corrected chi connectivity index (χ0v) is 20.6. The van der Waals surface area contributed by atoms with Gasteiger partial charge in [-0.25, -0.2) is 12.8 Å². The summed E-state index contributed by atoms with van der Waals surface area (Å²) in [5.74, 6) is 0.173. The molecule has 0 atom stereocenters. The van der Waals surface area contributed by atoms with Crippen LogP contribution < -0.4 is 9.46 Å². The molecule has 1 N–H and O–H groups in total. The zero-order valence-electron chi connectivity index (χ0n) is 19.0. The van der Waals surface area contributed by atoms with E-state index in [1.54, 1.807) is 4.90 Å². The van der Waals surface area contributed by atoms with E-state index >= 15 is 0 Å². The average molecular weight is 517 g/mol. The van der Waals surface area contributed by atoms with Gasteiger partial charge in [-0.1, -0.05) is 41.9 Å². The topological polar surface area (TPSA) is 75.7 Å². The van der Waals surface area contributed by atoms with Gasteiger partial charge in [0.15, 0.2) is 6.61 Å². The van der Waals surface area contributed by atoms with Gasteiger partial charge in [0.25, 0.3) is 15.9 Å². The van der Waals surface area contributed by atoms with E-state index in [0.29, 0.717) is 19.0 Å². The monoisotopic (exact) mass is 516 g/mol. The van der Waals surface area contributed by atoms with E-state index in [-0.39, 0.29) is 33.9 Å². The predicted octanol–water partition coefficient (Wildman–Crippen LogP) is 5.14. The predicted molar refractivity (Wildman–Crippen MR) is 134 cm³/mol. The average Bonchev–Trinajstić information content (AvgIpc) is 2.85. The van der Waals surface area contributed by atoms with Gasteiger partial charge in [0.1, 0.15) is 11.6 Å². The number of carbonyl (C=O) groups is 1. The normalized spacial score (nSPS) is 14.5. The number of halogens is 2. The van der Waals surface area contributed by atoms with Crippen molar-refractivity contribution < 1.29 is 22.3 Å². The van der Waals surface area contributed by atoms with E-state index in [1.807, 2.05) is 18.2 Å². The lowest BCUT2D eigenvalue weighted by Gasteiger charge is -2.32. The Kier molecular flexibility index (Phi) is 7.93. The van der Waals surface area contributed by atoms with Gasteiger partial charge < -0.3 is 9.64 Å². The molecule has 1 saturated heterocycles. The van der Waals surface area contributed by atoms with Crippen molar-refractivity contribution in [2.24, 2.45) is 5.92 Å². The van der Waals surface area contributed by atoms with E-state index < -0.39 is 15.8 Å². The fourth-order valence-corrected chi connectivity index (χ4v) is 5.45. The molecule has 1 fully saturated rings.